The van der Waals surface area contributed by atoms with Crippen LogP contribution in [-0.2, 0) is 6.42 Å². The summed E-state index contributed by atoms with van der Waals surface area (Å²) in [5.41, 5.74) is 2.94. The molecule has 0 amide bonds. The third kappa shape index (κ3) is 3.81. The molecule has 0 radical (unpaired) electrons. The molecule has 1 saturated heterocycles. The average Bonchev–Trinajstić information content (AvgIpc) is 3.31. The van der Waals surface area contributed by atoms with Crippen molar-refractivity contribution in [1.82, 2.24) is 14.5 Å². The van der Waals surface area contributed by atoms with Gasteiger partial charge in [-0.05, 0) is 74.5 Å². The SMILES string of the molecule is Fc1ccc(-c2nc(CCN3CCCC3)cn2-c2ccc(Cl)cc2)cc1. The Morgan fingerprint density at radius 1 is 0.962 bits per heavy atom. The van der Waals surface area contributed by atoms with E-state index in [4.69, 9.17) is 16.6 Å². The number of hydrogen-bond donors (Lipinski definition) is 0. The average molecular weight is 370 g/mol. The fourth-order valence-electron chi connectivity index (χ4n) is 3.43. The van der Waals surface area contributed by atoms with Gasteiger partial charge in [-0.15, -0.1) is 0 Å². The molecular formula is C21H21ClFN3. The van der Waals surface area contributed by atoms with Gasteiger partial charge < -0.3 is 4.90 Å². The van der Waals surface area contributed by atoms with Crippen molar-refractivity contribution in [2.24, 2.45) is 0 Å². The first kappa shape index (κ1) is 17.3. The van der Waals surface area contributed by atoms with Crippen molar-refractivity contribution in [2.75, 3.05) is 19.6 Å². The van der Waals surface area contributed by atoms with E-state index in [2.05, 4.69) is 15.7 Å². The Labute approximate surface area is 158 Å². The van der Waals surface area contributed by atoms with Gasteiger partial charge in [0.2, 0.25) is 0 Å². The quantitative estimate of drug-likeness (QED) is 0.633. The predicted octanol–water partition coefficient (Wildman–Crippen LogP) is 4.97. The Bertz CT molecular complexity index is 802. The first-order chi connectivity index (χ1) is 12.7. The summed E-state index contributed by atoms with van der Waals surface area (Å²) >= 11 is 6.03. The molecule has 134 valence electrons. The highest BCUT2D eigenvalue weighted by atomic mass is 35.5. The molecule has 0 spiro atoms. The number of imidazole rings is 1. The van der Waals surface area contributed by atoms with Crippen LogP contribution in [0.25, 0.3) is 17.1 Å². The molecule has 26 heavy (non-hydrogen) atoms. The Balaban J connectivity index is 1.67. The third-order valence-electron chi connectivity index (χ3n) is 4.85. The van der Waals surface area contributed by atoms with Gasteiger partial charge in [-0.1, -0.05) is 11.6 Å². The summed E-state index contributed by atoms with van der Waals surface area (Å²) < 4.78 is 15.4. The standard InChI is InChI=1S/C21H21ClFN3/c22-17-5-9-20(10-6-17)26-15-19(11-14-25-12-1-2-13-25)24-21(26)16-3-7-18(23)8-4-16/h3-10,15H,1-2,11-14H2. The molecule has 1 aliphatic heterocycles. The molecule has 0 saturated carbocycles. The van der Waals surface area contributed by atoms with E-state index >= 15 is 0 Å². The molecule has 3 nitrogen and oxygen atoms in total. The van der Waals surface area contributed by atoms with Gasteiger partial charge in [-0.3, -0.25) is 4.57 Å². The zero-order valence-electron chi connectivity index (χ0n) is 14.5. The van der Waals surface area contributed by atoms with Gasteiger partial charge in [0.1, 0.15) is 11.6 Å². The lowest BCUT2D eigenvalue weighted by molar-refractivity contribution is 0.342. The molecule has 1 aliphatic rings. The first-order valence-corrected chi connectivity index (χ1v) is 9.39. The summed E-state index contributed by atoms with van der Waals surface area (Å²) in [7, 11) is 0. The van der Waals surface area contributed by atoms with Crippen LogP contribution in [0, 0.1) is 5.82 Å². The molecule has 2 heterocycles. The summed E-state index contributed by atoms with van der Waals surface area (Å²) in [4.78, 5) is 7.34. The van der Waals surface area contributed by atoms with Gasteiger partial charge in [0.25, 0.3) is 0 Å². The molecular weight excluding hydrogens is 349 g/mol. The van der Waals surface area contributed by atoms with Gasteiger partial charge in [0.15, 0.2) is 0 Å². The lowest BCUT2D eigenvalue weighted by Crippen LogP contribution is -2.22. The lowest BCUT2D eigenvalue weighted by atomic mass is 10.2. The second-order valence-corrected chi connectivity index (χ2v) is 7.14. The zero-order chi connectivity index (χ0) is 17.9. The van der Waals surface area contributed by atoms with E-state index in [-0.39, 0.29) is 5.82 Å². The van der Waals surface area contributed by atoms with E-state index < -0.39 is 0 Å². The van der Waals surface area contributed by atoms with Crippen molar-refractivity contribution in [3.63, 3.8) is 0 Å². The second-order valence-electron chi connectivity index (χ2n) is 6.71. The molecule has 3 aromatic rings. The number of nitrogens with zero attached hydrogens (tertiary/aromatic N) is 3. The van der Waals surface area contributed by atoms with Crippen molar-refractivity contribution in [2.45, 2.75) is 19.3 Å². The maximum atomic E-state index is 13.3. The van der Waals surface area contributed by atoms with E-state index in [0.717, 1.165) is 35.7 Å². The molecule has 0 aliphatic carbocycles. The van der Waals surface area contributed by atoms with E-state index in [9.17, 15) is 4.39 Å². The fraction of sp³-hybridized carbons (Fsp3) is 0.286. The Morgan fingerprint density at radius 3 is 2.35 bits per heavy atom. The highest BCUT2D eigenvalue weighted by Crippen LogP contribution is 2.25. The van der Waals surface area contributed by atoms with Crippen LogP contribution < -0.4 is 0 Å². The Hall–Kier alpha value is -2.17. The van der Waals surface area contributed by atoms with Crippen molar-refractivity contribution < 1.29 is 4.39 Å². The van der Waals surface area contributed by atoms with Crippen LogP contribution in [0.4, 0.5) is 4.39 Å². The normalized spacial score (nSPS) is 14.8. The molecule has 2 aromatic carbocycles. The van der Waals surface area contributed by atoms with Crippen molar-refractivity contribution in [3.05, 3.63) is 71.3 Å². The van der Waals surface area contributed by atoms with Crippen LogP contribution >= 0.6 is 11.6 Å². The topological polar surface area (TPSA) is 21.1 Å². The summed E-state index contributed by atoms with van der Waals surface area (Å²) in [6.07, 6.45) is 5.58. The predicted molar refractivity (Wildman–Crippen MR) is 103 cm³/mol. The molecule has 1 aromatic heterocycles. The minimum absolute atomic E-state index is 0.243. The van der Waals surface area contributed by atoms with Crippen LogP contribution in [0.2, 0.25) is 5.02 Å². The lowest BCUT2D eigenvalue weighted by Gasteiger charge is -2.12. The summed E-state index contributed by atoms with van der Waals surface area (Å²) in [6.45, 7) is 3.39. The van der Waals surface area contributed by atoms with E-state index in [1.165, 1.54) is 38.1 Å². The van der Waals surface area contributed by atoms with Crippen LogP contribution in [0.1, 0.15) is 18.5 Å². The second kappa shape index (κ2) is 7.60. The zero-order valence-corrected chi connectivity index (χ0v) is 15.3. The van der Waals surface area contributed by atoms with Gasteiger partial charge >= 0.3 is 0 Å². The van der Waals surface area contributed by atoms with Gasteiger partial charge in [-0.2, -0.15) is 0 Å². The fourth-order valence-corrected chi connectivity index (χ4v) is 3.56. The maximum absolute atomic E-state index is 13.3. The van der Waals surface area contributed by atoms with Crippen molar-refractivity contribution in [1.29, 1.82) is 0 Å². The molecule has 0 unspecified atom stereocenters. The van der Waals surface area contributed by atoms with Crippen molar-refractivity contribution >= 4 is 11.6 Å². The maximum Gasteiger partial charge on any atom is 0.144 e. The number of benzene rings is 2. The third-order valence-corrected chi connectivity index (χ3v) is 5.10. The molecule has 4 rings (SSSR count). The number of hydrogen-bond acceptors (Lipinski definition) is 2. The number of aromatic nitrogens is 2. The van der Waals surface area contributed by atoms with Crippen LogP contribution in [0.15, 0.2) is 54.7 Å². The van der Waals surface area contributed by atoms with E-state index in [0.29, 0.717) is 5.02 Å². The molecule has 5 heteroatoms. The summed E-state index contributed by atoms with van der Waals surface area (Å²) in [6, 6.07) is 14.2. The van der Waals surface area contributed by atoms with E-state index in [1.54, 1.807) is 12.1 Å². The van der Waals surface area contributed by atoms with Crippen LogP contribution in [-0.4, -0.2) is 34.1 Å². The number of halogens is 2. The summed E-state index contributed by atoms with van der Waals surface area (Å²) in [5, 5.41) is 0.700. The van der Waals surface area contributed by atoms with Crippen LogP contribution in [0.5, 0.6) is 0 Å². The highest BCUT2D eigenvalue weighted by molar-refractivity contribution is 6.30. The smallest absolute Gasteiger partial charge is 0.144 e. The molecule has 0 atom stereocenters. The van der Waals surface area contributed by atoms with Gasteiger partial charge in [-0.25, -0.2) is 9.37 Å². The van der Waals surface area contributed by atoms with E-state index in [1.807, 2.05) is 24.3 Å². The van der Waals surface area contributed by atoms with Gasteiger partial charge in [0.05, 0.1) is 5.69 Å². The highest BCUT2D eigenvalue weighted by Gasteiger charge is 2.15. The Kier molecular flexibility index (Phi) is 5.05. The first-order valence-electron chi connectivity index (χ1n) is 9.01. The minimum Gasteiger partial charge on any atom is -0.303 e. The van der Waals surface area contributed by atoms with Crippen molar-refractivity contribution in [3.8, 4) is 17.1 Å². The van der Waals surface area contributed by atoms with Gasteiger partial charge in [0, 0.05) is 35.4 Å². The molecule has 0 N–H and O–H groups in total. The molecule has 0 bridgehead atoms. The number of rotatable bonds is 5. The Morgan fingerprint density at radius 2 is 1.65 bits per heavy atom. The number of likely N-dealkylation sites (tertiary alicyclic amines) is 1. The monoisotopic (exact) mass is 369 g/mol. The van der Waals surface area contributed by atoms with Crippen LogP contribution in [0.3, 0.4) is 0 Å². The largest absolute Gasteiger partial charge is 0.303 e. The minimum atomic E-state index is -0.243. The summed E-state index contributed by atoms with van der Waals surface area (Å²) in [5.74, 6) is 0.580. The molecule has 1 fully saturated rings.